The van der Waals surface area contributed by atoms with Crippen molar-refractivity contribution in [2.24, 2.45) is 5.92 Å². The lowest BCUT2D eigenvalue weighted by atomic mass is 9.93. The Hall–Kier alpha value is -0.770. The second-order valence-electron chi connectivity index (χ2n) is 6.38. The smallest absolute Gasteiger partial charge is 0.410 e. The van der Waals surface area contributed by atoms with Crippen LogP contribution < -0.4 is 5.32 Å². The normalized spacial score (nSPS) is 23.2. The molecular formula is C13H24N2O2. The second-order valence-corrected chi connectivity index (χ2v) is 6.38. The summed E-state index contributed by atoms with van der Waals surface area (Å²) in [7, 11) is 0. The maximum absolute atomic E-state index is 11.7. The predicted molar refractivity (Wildman–Crippen MR) is 66.9 cm³/mol. The van der Waals surface area contributed by atoms with E-state index < -0.39 is 0 Å². The molecule has 1 heterocycles. The third-order valence-corrected chi connectivity index (χ3v) is 3.34. The fraction of sp³-hybridized carbons (Fsp3) is 0.923. The van der Waals surface area contributed by atoms with E-state index in [9.17, 15) is 4.79 Å². The lowest BCUT2D eigenvalue weighted by Gasteiger charge is -2.42. The van der Waals surface area contributed by atoms with Crippen molar-refractivity contribution in [2.45, 2.75) is 58.2 Å². The van der Waals surface area contributed by atoms with Gasteiger partial charge in [0, 0.05) is 31.1 Å². The third kappa shape index (κ3) is 3.60. The van der Waals surface area contributed by atoms with Crippen LogP contribution in [0.15, 0.2) is 0 Å². The fourth-order valence-corrected chi connectivity index (χ4v) is 2.06. The monoisotopic (exact) mass is 240 g/mol. The highest BCUT2D eigenvalue weighted by molar-refractivity contribution is 5.69. The zero-order chi connectivity index (χ0) is 12.6. The van der Waals surface area contributed by atoms with Crippen molar-refractivity contribution in [3.05, 3.63) is 0 Å². The maximum Gasteiger partial charge on any atom is 0.410 e. The van der Waals surface area contributed by atoms with E-state index in [-0.39, 0.29) is 11.7 Å². The highest BCUT2D eigenvalue weighted by Gasteiger charge is 2.38. The largest absolute Gasteiger partial charge is 0.444 e. The Morgan fingerprint density at radius 2 is 1.94 bits per heavy atom. The molecule has 2 fully saturated rings. The number of ether oxygens (including phenoxy) is 1. The summed E-state index contributed by atoms with van der Waals surface area (Å²) in [4.78, 5) is 13.5. The lowest BCUT2D eigenvalue weighted by Crippen LogP contribution is -2.57. The molecule has 0 aromatic carbocycles. The molecule has 0 radical (unpaired) electrons. The van der Waals surface area contributed by atoms with Gasteiger partial charge in [-0.1, -0.05) is 0 Å². The average Bonchev–Trinajstić information content (AvgIpc) is 2.80. The molecule has 0 unspecified atom stereocenters. The Kier molecular flexibility index (Phi) is 3.34. The number of amides is 1. The Morgan fingerprint density at radius 3 is 2.41 bits per heavy atom. The minimum atomic E-state index is -0.389. The molecular weight excluding hydrogens is 216 g/mol. The number of likely N-dealkylation sites (tertiary alicyclic amines) is 1. The number of carbonyl (C=O) groups excluding carboxylic acids is 1. The van der Waals surface area contributed by atoms with Crippen LogP contribution >= 0.6 is 0 Å². The summed E-state index contributed by atoms with van der Waals surface area (Å²) in [5, 5.41) is 3.58. The number of nitrogens with one attached hydrogen (secondary N) is 1. The van der Waals surface area contributed by atoms with Gasteiger partial charge in [-0.15, -0.1) is 0 Å². The van der Waals surface area contributed by atoms with Crippen molar-refractivity contribution in [1.82, 2.24) is 10.2 Å². The van der Waals surface area contributed by atoms with E-state index in [1.54, 1.807) is 4.90 Å². The number of hydrogen-bond donors (Lipinski definition) is 1. The highest BCUT2D eigenvalue weighted by Crippen LogP contribution is 2.25. The van der Waals surface area contributed by atoms with Gasteiger partial charge in [-0.05, 0) is 40.5 Å². The molecule has 4 nitrogen and oxygen atoms in total. The summed E-state index contributed by atoms with van der Waals surface area (Å²) in [6.45, 7) is 9.58. The summed E-state index contributed by atoms with van der Waals surface area (Å²) in [5.74, 6) is 0.586. The Labute approximate surface area is 104 Å². The van der Waals surface area contributed by atoms with Crippen LogP contribution in [-0.2, 0) is 4.74 Å². The number of carbonyl (C=O) groups is 1. The van der Waals surface area contributed by atoms with E-state index in [1.807, 2.05) is 20.8 Å². The Bertz CT molecular complexity index is 288. The molecule has 1 aliphatic heterocycles. The molecule has 1 saturated heterocycles. The van der Waals surface area contributed by atoms with Gasteiger partial charge in [0.05, 0.1) is 0 Å². The van der Waals surface area contributed by atoms with Crippen LogP contribution in [0.4, 0.5) is 4.79 Å². The number of nitrogens with zero attached hydrogens (tertiary/aromatic N) is 1. The summed E-state index contributed by atoms with van der Waals surface area (Å²) in [5.41, 5.74) is -0.389. The van der Waals surface area contributed by atoms with Crippen LogP contribution in [0.2, 0.25) is 0 Å². The molecule has 0 aromatic rings. The van der Waals surface area contributed by atoms with Gasteiger partial charge >= 0.3 is 6.09 Å². The van der Waals surface area contributed by atoms with E-state index in [4.69, 9.17) is 4.74 Å². The topological polar surface area (TPSA) is 41.6 Å². The molecule has 1 atom stereocenters. The molecule has 0 spiro atoms. The van der Waals surface area contributed by atoms with Crippen molar-refractivity contribution in [3.8, 4) is 0 Å². The van der Waals surface area contributed by atoms with E-state index in [0.717, 1.165) is 19.1 Å². The van der Waals surface area contributed by atoms with E-state index >= 15 is 0 Å². The molecule has 17 heavy (non-hydrogen) atoms. The Morgan fingerprint density at radius 1 is 1.35 bits per heavy atom. The lowest BCUT2D eigenvalue weighted by molar-refractivity contribution is -0.00577. The van der Waals surface area contributed by atoms with Gasteiger partial charge in [0.1, 0.15) is 5.60 Å². The number of hydrogen-bond acceptors (Lipinski definition) is 3. The highest BCUT2D eigenvalue weighted by atomic mass is 16.6. The molecule has 1 amide bonds. The minimum absolute atomic E-state index is 0.174. The Balaban J connectivity index is 1.68. The standard InChI is InChI=1S/C13H24N2O2/c1-9(14-11-5-6-11)10-7-15(8-10)12(16)17-13(2,3)4/h9-11,14H,5-8H2,1-4H3/t9-/m0/s1. The van der Waals surface area contributed by atoms with Crippen LogP contribution in [0.3, 0.4) is 0 Å². The van der Waals surface area contributed by atoms with Crippen molar-refractivity contribution < 1.29 is 9.53 Å². The van der Waals surface area contributed by atoms with Crippen LogP contribution in [0.1, 0.15) is 40.5 Å². The molecule has 2 rings (SSSR count). The van der Waals surface area contributed by atoms with Gasteiger partial charge in [-0.3, -0.25) is 0 Å². The van der Waals surface area contributed by atoms with Crippen molar-refractivity contribution in [3.63, 3.8) is 0 Å². The van der Waals surface area contributed by atoms with Crippen LogP contribution in [0.25, 0.3) is 0 Å². The molecule has 4 heteroatoms. The first-order chi connectivity index (χ1) is 7.85. The summed E-state index contributed by atoms with van der Waals surface area (Å²) in [6.07, 6.45) is 2.45. The molecule has 0 aromatic heterocycles. The van der Waals surface area contributed by atoms with Gasteiger partial charge in [0.15, 0.2) is 0 Å². The predicted octanol–water partition coefficient (Wildman–Crippen LogP) is 1.99. The molecule has 0 bridgehead atoms. The third-order valence-electron chi connectivity index (χ3n) is 3.34. The van der Waals surface area contributed by atoms with Gasteiger partial charge in [0.2, 0.25) is 0 Å². The molecule has 1 aliphatic carbocycles. The van der Waals surface area contributed by atoms with E-state index in [1.165, 1.54) is 12.8 Å². The van der Waals surface area contributed by atoms with Crippen LogP contribution in [0, 0.1) is 5.92 Å². The van der Waals surface area contributed by atoms with Gasteiger partial charge in [-0.2, -0.15) is 0 Å². The first kappa shape index (κ1) is 12.7. The fourth-order valence-electron chi connectivity index (χ4n) is 2.06. The maximum atomic E-state index is 11.7. The van der Waals surface area contributed by atoms with Crippen molar-refractivity contribution in [1.29, 1.82) is 0 Å². The minimum Gasteiger partial charge on any atom is -0.444 e. The zero-order valence-electron chi connectivity index (χ0n) is 11.3. The summed E-state index contributed by atoms with van der Waals surface area (Å²) >= 11 is 0. The van der Waals surface area contributed by atoms with Crippen molar-refractivity contribution in [2.75, 3.05) is 13.1 Å². The molecule has 98 valence electrons. The molecule has 2 aliphatic rings. The second kappa shape index (κ2) is 4.48. The van der Waals surface area contributed by atoms with Gasteiger partial charge in [0.25, 0.3) is 0 Å². The quantitative estimate of drug-likeness (QED) is 0.820. The van der Waals surface area contributed by atoms with E-state index in [2.05, 4.69) is 12.2 Å². The average molecular weight is 240 g/mol. The van der Waals surface area contributed by atoms with Crippen LogP contribution in [0.5, 0.6) is 0 Å². The first-order valence-corrected chi connectivity index (χ1v) is 6.59. The molecule has 1 N–H and O–H groups in total. The number of rotatable bonds is 3. The van der Waals surface area contributed by atoms with Gasteiger partial charge < -0.3 is 15.0 Å². The van der Waals surface area contributed by atoms with Crippen molar-refractivity contribution >= 4 is 6.09 Å². The van der Waals surface area contributed by atoms with Gasteiger partial charge in [-0.25, -0.2) is 4.79 Å². The van der Waals surface area contributed by atoms with Crippen LogP contribution in [-0.4, -0.2) is 41.8 Å². The first-order valence-electron chi connectivity index (χ1n) is 6.59. The summed E-state index contributed by atoms with van der Waals surface area (Å²) < 4.78 is 5.33. The van der Waals surface area contributed by atoms with E-state index in [0.29, 0.717) is 12.0 Å². The molecule has 1 saturated carbocycles. The summed E-state index contributed by atoms with van der Waals surface area (Å²) in [6, 6.07) is 1.25. The zero-order valence-corrected chi connectivity index (χ0v) is 11.3. The SMILES string of the molecule is C[C@H](NC1CC1)C1CN(C(=O)OC(C)(C)C)C1.